The molecule has 0 unspecified atom stereocenters. The zero-order chi connectivity index (χ0) is 8.55. The van der Waals surface area contributed by atoms with E-state index in [9.17, 15) is 0 Å². The molecule has 1 nitrogen and oxygen atoms in total. The fourth-order valence-corrected chi connectivity index (χ4v) is 1.60. The highest BCUT2D eigenvalue weighted by Gasteiger charge is 2.13. The van der Waals surface area contributed by atoms with Gasteiger partial charge in [-0.2, -0.15) is 0 Å². The minimum absolute atomic E-state index is 1.01. The van der Waals surface area contributed by atoms with Crippen LogP contribution in [0.4, 0.5) is 0 Å². The van der Waals surface area contributed by atoms with E-state index >= 15 is 0 Å². The van der Waals surface area contributed by atoms with Crippen LogP contribution in [0.25, 0.3) is 5.76 Å². The van der Waals surface area contributed by atoms with Crippen LogP contribution in [-0.4, -0.2) is 7.11 Å². The molecule has 0 heterocycles. The van der Waals surface area contributed by atoms with Crippen LogP contribution in [0.2, 0.25) is 0 Å². The van der Waals surface area contributed by atoms with Gasteiger partial charge >= 0.3 is 0 Å². The summed E-state index contributed by atoms with van der Waals surface area (Å²) in [6.45, 7) is 2.10. The van der Waals surface area contributed by atoms with Gasteiger partial charge in [0.15, 0.2) is 0 Å². The number of benzene rings is 1. The van der Waals surface area contributed by atoms with E-state index in [-0.39, 0.29) is 0 Å². The molecule has 1 aromatic carbocycles. The molecular formula is C11H12O. The summed E-state index contributed by atoms with van der Waals surface area (Å²) in [5, 5.41) is 0. The van der Waals surface area contributed by atoms with Crippen molar-refractivity contribution in [2.75, 3.05) is 7.11 Å². The average molecular weight is 160 g/mol. The smallest absolute Gasteiger partial charge is 0.122 e. The standard InChI is InChI=1S/C11H12O/c1-8-3-4-9-5-6-11(12-2)10(9)7-8/h3-4,6-7H,5H2,1-2H3. The van der Waals surface area contributed by atoms with Gasteiger partial charge in [0.25, 0.3) is 0 Å². The van der Waals surface area contributed by atoms with Gasteiger partial charge in [0, 0.05) is 5.56 Å². The van der Waals surface area contributed by atoms with Gasteiger partial charge in [-0.3, -0.25) is 0 Å². The first-order valence-electron chi connectivity index (χ1n) is 4.15. The van der Waals surface area contributed by atoms with Gasteiger partial charge in [-0.15, -0.1) is 0 Å². The molecule has 0 fully saturated rings. The van der Waals surface area contributed by atoms with Gasteiger partial charge in [0.2, 0.25) is 0 Å². The second-order valence-corrected chi connectivity index (χ2v) is 3.14. The summed E-state index contributed by atoms with van der Waals surface area (Å²) in [5.41, 5.74) is 3.92. The third-order valence-corrected chi connectivity index (χ3v) is 2.26. The monoisotopic (exact) mass is 160 g/mol. The summed E-state index contributed by atoms with van der Waals surface area (Å²) < 4.78 is 5.25. The molecule has 0 spiro atoms. The highest BCUT2D eigenvalue weighted by Crippen LogP contribution is 2.28. The molecule has 12 heavy (non-hydrogen) atoms. The van der Waals surface area contributed by atoms with Gasteiger partial charge in [-0.25, -0.2) is 0 Å². The van der Waals surface area contributed by atoms with Crippen LogP contribution in [0.15, 0.2) is 24.3 Å². The maximum Gasteiger partial charge on any atom is 0.122 e. The topological polar surface area (TPSA) is 9.23 Å². The highest BCUT2D eigenvalue weighted by molar-refractivity contribution is 5.68. The number of ether oxygens (including phenoxy) is 1. The third-order valence-electron chi connectivity index (χ3n) is 2.26. The molecule has 1 aliphatic carbocycles. The van der Waals surface area contributed by atoms with E-state index in [1.807, 2.05) is 0 Å². The van der Waals surface area contributed by atoms with Gasteiger partial charge in [-0.1, -0.05) is 17.7 Å². The Bertz CT molecular complexity index is 337. The van der Waals surface area contributed by atoms with E-state index in [1.54, 1.807) is 7.11 Å². The van der Waals surface area contributed by atoms with Crippen LogP contribution in [0.3, 0.4) is 0 Å². The SMILES string of the molecule is COC1=CCc2ccc(C)cc21. The predicted octanol–water partition coefficient (Wildman–Crippen LogP) is 2.54. The summed E-state index contributed by atoms with van der Waals surface area (Å²) >= 11 is 0. The fraction of sp³-hybridized carbons (Fsp3) is 0.273. The lowest BCUT2D eigenvalue weighted by atomic mass is 10.1. The van der Waals surface area contributed by atoms with Crippen LogP contribution in [0.1, 0.15) is 16.7 Å². The van der Waals surface area contributed by atoms with Crippen LogP contribution in [0, 0.1) is 6.92 Å². The second-order valence-electron chi connectivity index (χ2n) is 3.14. The first kappa shape index (κ1) is 7.41. The Morgan fingerprint density at radius 1 is 1.33 bits per heavy atom. The van der Waals surface area contributed by atoms with E-state index in [2.05, 4.69) is 31.2 Å². The van der Waals surface area contributed by atoms with Crippen molar-refractivity contribution in [1.29, 1.82) is 0 Å². The van der Waals surface area contributed by atoms with Gasteiger partial charge in [0.05, 0.1) is 7.11 Å². The number of aryl methyl sites for hydroxylation is 1. The van der Waals surface area contributed by atoms with Crippen molar-refractivity contribution in [3.05, 3.63) is 41.0 Å². The normalized spacial score (nSPS) is 14.0. The average Bonchev–Trinajstić information content (AvgIpc) is 2.46. The van der Waals surface area contributed by atoms with E-state index in [0.29, 0.717) is 0 Å². The Labute approximate surface area is 72.7 Å². The molecule has 0 amide bonds. The molecule has 0 saturated heterocycles. The largest absolute Gasteiger partial charge is 0.496 e. The van der Waals surface area contributed by atoms with E-state index in [0.717, 1.165) is 12.2 Å². The van der Waals surface area contributed by atoms with Crippen molar-refractivity contribution in [3.63, 3.8) is 0 Å². The summed E-state index contributed by atoms with van der Waals surface area (Å²) in [6, 6.07) is 6.50. The van der Waals surface area contributed by atoms with Gasteiger partial charge in [0.1, 0.15) is 5.76 Å². The minimum atomic E-state index is 1.01. The molecule has 0 aliphatic heterocycles. The Hall–Kier alpha value is -1.24. The van der Waals surface area contributed by atoms with E-state index < -0.39 is 0 Å². The van der Waals surface area contributed by atoms with E-state index in [4.69, 9.17) is 4.74 Å². The number of rotatable bonds is 1. The lowest BCUT2D eigenvalue weighted by Gasteiger charge is -2.04. The van der Waals surface area contributed by atoms with Crippen LogP contribution >= 0.6 is 0 Å². The summed E-state index contributed by atoms with van der Waals surface area (Å²) in [7, 11) is 1.73. The molecule has 0 bridgehead atoms. The summed E-state index contributed by atoms with van der Waals surface area (Å²) in [4.78, 5) is 0. The van der Waals surface area contributed by atoms with Gasteiger partial charge < -0.3 is 4.74 Å². The molecule has 0 aromatic heterocycles. The number of fused-ring (bicyclic) bond motifs is 1. The molecule has 0 saturated carbocycles. The Kier molecular flexibility index (Phi) is 1.65. The maximum absolute atomic E-state index is 5.25. The number of methoxy groups -OCH3 is 1. The zero-order valence-electron chi connectivity index (χ0n) is 7.42. The lowest BCUT2D eigenvalue weighted by molar-refractivity contribution is 0.371. The third kappa shape index (κ3) is 1.02. The number of hydrogen-bond acceptors (Lipinski definition) is 1. The van der Waals surface area contributed by atoms with Crippen molar-refractivity contribution < 1.29 is 4.74 Å². The number of hydrogen-bond donors (Lipinski definition) is 0. The highest BCUT2D eigenvalue weighted by atomic mass is 16.5. The molecule has 0 atom stereocenters. The molecule has 0 radical (unpaired) electrons. The Morgan fingerprint density at radius 3 is 2.92 bits per heavy atom. The molecular weight excluding hydrogens is 148 g/mol. The zero-order valence-corrected chi connectivity index (χ0v) is 7.42. The van der Waals surface area contributed by atoms with Crippen LogP contribution in [-0.2, 0) is 11.2 Å². The van der Waals surface area contributed by atoms with Gasteiger partial charge in [-0.05, 0) is 31.1 Å². The van der Waals surface area contributed by atoms with Crippen molar-refractivity contribution in [1.82, 2.24) is 0 Å². The summed E-state index contributed by atoms with van der Waals surface area (Å²) in [5.74, 6) is 1.02. The van der Waals surface area contributed by atoms with Crippen molar-refractivity contribution in [2.24, 2.45) is 0 Å². The maximum atomic E-state index is 5.25. The molecule has 62 valence electrons. The molecule has 2 rings (SSSR count). The summed E-state index contributed by atoms with van der Waals surface area (Å²) in [6.07, 6.45) is 3.14. The molecule has 1 aromatic rings. The van der Waals surface area contributed by atoms with Crippen LogP contribution in [0.5, 0.6) is 0 Å². The first-order valence-corrected chi connectivity index (χ1v) is 4.15. The second kappa shape index (κ2) is 2.67. The van der Waals surface area contributed by atoms with Crippen molar-refractivity contribution >= 4 is 5.76 Å². The Balaban J connectivity index is 2.50. The lowest BCUT2D eigenvalue weighted by Crippen LogP contribution is -1.87. The van der Waals surface area contributed by atoms with E-state index in [1.165, 1.54) is 16.7 Å². The Morgan fingerprint density at radius 2 is 2.17 bits per heavy atom. The molecule has 1 heteroatoms. The first-order chi connectivity index (χ1) is 5.81. The predicted molar refractivity (Wildman–Crippen MR) is 49.9 cm³/mol. The minimum Gasteiger partial charge on any atom is -0.496 e. The quantitative estimate of drug-likeness (QED) is 0.613. The molecule has 1 aliphatic rings. The van der Waals surface area contributed by atoms with Crippen LogP contribution < -0.4 is 0 Å². The number of allylic oxidation sites excluding steroid dienone is 1. The van der Waals surface area contributed by atoms with Crippen molar-refractivity contribution in [3.8, 4) is 0 Å². The van der Waals surface area contributed by atoms with Crippen molar-refractivity contribution in [2.45, 2.75) is 13.3 Å². The fourth-order valence-electron chi connectivity index (χ4n) is 1.60. The molecule has 0 N–H and O–H groups in total.